The smallest absolute Gasteiger partial charge is 0.132 e. The Morgan fingerprint density at radius 2 is 2.33 bits per heavy atom. The summed E-state index contributed by atoms with van der Waals surface area (Å²) < 4.78 is 3.05. The van der Waals surface area contributed by atoms with E-state index in [1.165, 1.54) is 5.56 Å². The number of aromatic nitrogens is 2. The van der Waals surface area contributed by atoms with E-state index in [4.69, 9.17) is 5.73 Å². The average Bonchev–Trinajstić information content (AvgIpc) is 2.57. The standard InChI is InChI=1S/C11H14BrN3/c1-2-9-14-11(12)10-8(5-6-13)4-3-7-15(9)10/h3-4,7H,2,5-6,13H2,1H3. The summed E-state index contributed by atoms with van der Waals surface area (Å²) in [7, 11) is 0. The number of hydrogen-bond donors (Lipinski definition) is 1. The first-order chi connectivity index (χ1) is 7.27. The third-order valence-electron chi connectivity index (χ3n) is 2.51. The first-order valence-corrected chi connectivity index (χ1v) is 5.91. The lowest BCUT2D eigenvalue weighted by Gasteiger charge is -2.03. The van der Waals surface area contributed by atoms with E-state index in [2.05, 4.69) is 38.3 Å². The fourth-order valence-electron chi connectivity index (χ4n) is 1.83. The van der Waals surface area contributed by atoms with E-state index in [1.807, 2.05) is 12.3 Å². The van der Waals surface area contributed by atoms with Gasteiger partial charge in [0, 0.05) is 12.6 Å². The molecule has 0 amide bonds. The van der Waals surface area contributed by atoms with Crippen LogP contribution in [0.4, 0.5) is 0 Å². The lowest BCUT2D eigenvalue weighted by molar-refractivity contribution is 0.918. The maximum atomic E-state index is 5.60. The Balaban J connectivity index is 2.68. The van der Waals surface area contributed by atoms with Crippen LogP contribution in [0, 0.1) is 0 Å². The van der Waals surface area contributed by atoms with Crippen molar-refractivity contribution in [3.8, 4) is 0 Å². The SMILES string of the molecule is CCc1nc(Br)c2c(CCN)cccn12. The van der Waals surface area contributed by atoms with Gasteiger partial charge >= 0.3 is 0 Å². The monoisotopic (exact) mass is 267 g/mol. The molecule has 0 atom stereocenters. The van der Waals surface area contributed by atoms with Gasteiger partial charge in [-0.3, -0.25) is 0 Å². The van der Waals surface area contributed by atoms with Crippen molar-refractivity contribution in [2.45, 2.75) is 19.8 Å². The van der Waals surface area contributed by atoms with Crippen LogP contribution in [0.1, 0.15) is 18.3 Å². The van der Waals surface area contributed by atoms with Gasteiger partial charge in [0.2, 0.25) is 0 Å². The van der Waals surface area contributed by atoms with E-state index < -0.39 is 0 Å². The van der Waals surface area contributed by atoms with Crippen LogP contribution in [0.3, 0.4) is 0 Å². The van der Waals surface area contributed by atoms with Crippen LogP contribution in [0.25, 0.3) is 5.52 Å². The summed E-state index contributed by atoms with van der Waals surface area (Å²) in [6, 6.07) is 4.15. The van der Waals surface area contributed by atoms with E-state index in [0.717, 1.165) is 28.8 Å². The van der Waals surface area contributed by atoms with E-state index in [1.54, 1.807) is 0 Å². The van der Waals surface area contributed by atoms with E-state index in [-0.39, 0.29) is 0 Å². The van der Waals surface area contributed by atoms with Crippen molar-refractivity contribution in [3.05, 3.63) is 34.3 Å². The van der Waals surface area contributed by atoms with E-state index >= 15 is 0 Å². The summed E-state index contributed by atoms with van der Waals surface area (Å²) in [5.74, 6) is 1.08. The Labute approximate surface area is 97.4 Å². The van der Waals surface area contributed by atoms with Gasteiger partial charge in [0.05, 0.1) is 5.52 Å². The van der Waals surface area contributed by atoms with Gasteiger partial charge in [-0.05, 0) is 40.5 Å². The summed E-state index contributed by atoms with van der Waals surface area (Å²) in [6.45, 7) is 2.77. The Hall–Kier alpha value is -0.870. The molecule has 0 aliphatic heterocycles. The fraction of sp³-hybridized carbons (Fsp3) is 0.364. The zero-order valence-corrected chi connectivity index (χ0v) is 10.3. The van der Waals surface area contributed by atoms with Gasteiger partial charge in [-0.15, -0.1) is 0 Å². The fourth-order valence-corrected chi connectivity index (χ4v) is 2.48. The van der Waals surface area contributed by atoms with Crippen LogP contribution < -0.4 is 5.73 Å². The summed E-state index contributed by atoms with van der Waals surface area (Å²) in [4.78, 5) is 4.49. The van der Waals surface area contributed by atoms with E-state index in [0.29, 0.717) is 6.54 Å². The van der Waals surface area contributed by atoms with Gasteiger partial charge in [0.25, 0.3) is 0 Å². The number of imidazole rings is 1. The molecular formula is C11H14BrN3. The highest BCUT2D eigenvalue weighted by atomic mass is 79.9. The summed E-state index contributed by atoms with van der Waals surface area (Å²) in [6.07, 6.45) is 3.86. The molecule has 2 rings (SSSR count). The molecule has 2 heterocycles. The first-order valence-electron chi connectivity index (χ1n) is 5.12. The van der Waals surface area contributed by atoms with Gasteiger partial charge < -0.3 is 10.1 Å². The molecule has 2 aromatic rings. The quantitative estimate of drug-likeness (QED) is 0.927. The minimum absolute atomic E-state index is 0.665. The molecule has 0 unspecified atom stereocenters. The van der Waals surface area contributed by atoms with Crippen LogP contribution in [-0.4, -0.2) is 15.9 Å². The van der Waals surface area contributed by atoms with Gasteiger partial charge in [0.1, 0.15) is 10.4 Å². The van der Waals surface area contributed by atoms with Gasteiger partial charge in [0.15, 0.2) is 0 Å². The highest BCUT2D eigenvalue weighted by molar-refractivity contribution is 9.10. The zero-order chi connectivity index (χ0) is 10.8. The lowest BCUT2D eigenvalue weighted by atomic mass is 10.2. The second-order valence-corrected chi connectivity index (χ2v) is 4.21. The lowest BCUT2D eigenvalue weighted by Crippen LogP contribution is -2.04. The second-order valence-electron chi connectivity index (χ2n) is 3.46. The molecule has 0 saturated carbocycles. The minimum atomic E-state index is 0.665. The number of rotatable bonds is 3. The molecule has 4 heteroatoms. The Morgan fingerprint density at radius 3 is 3.00 bits per heavy atom. The molecule has 0 bridgehead atoms. The van der Waals surface area contributed by atoms with Crippen molar-refractivity contribution < 1.29 is 0 Å². The van der Waals surface area contributed by atoms with Crippen molar-refractivity contribution in [2.75, 3.05) is 6.54 Å². The van der Waals surface area contributed by atoms with Gasteiger partial charge in [-0.1, -0.05) is 13.0 Å². The number of fused-ring (bicyclic) bond motifs is 1. The molecular weight excluding hydrogens is 254 g/mol. The number of pyridine rings is 1. The van der Waals surface area contributed by atoms with Crippen LogP contribution in [0.15, 0.2) is 22.9 Å². The van der Waals surface area contributed by atoms with Crippen molar-refractivity contribution in [1.29, 1.82) is 0 Å². The maximum absolute atomic E-state index is 5.60. The largest absolute Gasteiger partial charge is 0.330 e. The van der Waals surface area contributed by atoms with Gasteiger partial charge in [-0.2, -0.15) is 0 Å². The van der Waals surface area contributed by atoms with Crippen LogP contribution in [-0.2, 0) is 12.8 Å². The summed E-state index contributed by atoms with van der Waals surface area (Å²) in [5.41, 5.74) is 8.00. The minimum Gasteiger partial charge on any atom is -0.330 e. The highest BCUT2D eigenvalue weighted by Crippen LogP contribution is 2.23. The number of hydrogen-bond acceptors (Lipinski definition) is 2. The van der Waals surface area contributed by atoms with E-state index in [9.17, 15) is 0 Å². The Kier molecular flexibility index (Phi) is 3.07. The molecule has 2 aromatic heterocycles. The highest BCUT2D eigenvalue weighted by Gasteiger charge is 2.10. The maximum Gasteiger partial charge on any atom is 0.132 e. The van der Waals surface area contributed by atoms with Crippen molar-refractivity contribution in [3.63, 3.8) is 0 Å². The molecule has 0 saturated heterocycles. The average molecular weight is 268 g/mol. The molecule has 15 heavy (non-hydrogen) atoms. The molecule has 80 valence electrons. The number of nitrogens with two attached hydrogens (primary N) is 1. The first kappa shape index (κ1) is 10.6. The topological polar surface area (TPSA) is 43.3 Å². The number of aryl methyl sites for hydroxylation is 1. The van der Waals surface area contributed by atoms with Gasteiger partial charge in [-0.25, -0.2) is 4.98 Å². The van der Waals surface area contributed by atoms with Crippen molar-refractivity contribution in [1.82, 2.24) is 9.38 Å². The predicted octanol–water partition coefficient (Wildman–Crippen LogP) is 2.16. The number of halogens is 1. The molecule has 0 radical (unpaired) electrons. The Morgan fingerprint density at radius 1 is 1.53 bits per heavy atom. The summed E-state index contributed by atoms with van der Waals surface area (Å²) in [5, 5.41) is 0. The molecule has 2 N–H and O–H groups in total. The molecule has 0 aliphatic rings. The second kappa shape index (κ2) is 4.33. The van der Waals surface area contributed by atoms with Crippen molar-refractivity contribution >= 4 is 21.4 Å². The molecule has 3 nitrogen and oxygen atoms in total. The van der Waals surface area contributed by atoms with Crippen LogP contribution in [0.5, 0.6) is 0 Å². The predicted molar refractivity (Wildman–Crippen MR) is 65.0 cm³/mol. The summed E-state index contributed by atoms with van der Waals surface area (Å²) >= 11 is 3.51. The third kappa shape index (κ3) is 1.79. The Bertz CT molecular complexity index is 476. The van der Waals surface area contributed by atoms with Crippen LogP contribution >= 0.6 is 15.9 Å². The third-order valence-corrected chi connectivity index (χ3v) is 3.06. The van der Waals surface area contributed by atoms with Crippen LogP contribution in [0.2, 0.25) is 0 Å². The molecule has 0 aliphatic carbocycles. The molecule has 0 spiro atoms. The normalized spacial score (nSPS) is 11.1. The molecule has 0 aromatic carbocycles. The number of nitrogens with zero attached hydrogens (tertiary/aromatic N) is 2. The zero-order valence-electron chi connectivity index (χ0n) is 8.70. The van der Waals surface area contributed by atoms with Crippen molar-refractivity contribution in [2.24, 2.45) is 5.73 Å². The molecule has 0 fully saturated rings.